The number of nitrogens with zero attached hydrogens (tertiary/aromatic N) is 3. The van der Waals surface area contributed by atoms with Crippen LogP contribution in [-0.4, -0.2) is 27.2 Å². The maximum atomic E-state index is 6.00. The second-order valence-electron chi connectivity index (χ2n) is 4.87. The molecule has 1 atom stereocenters. The Morgan fingerprint density at radius 3 is 3.17 bits per heavy atom. The van der Waals surface area contributed by atoms with Gasteiger partial charge in [-0.05, 0) is 37.8 Å². The van der Waals surface area contributed by atoms with Crippen LogP contribution in [-0.2, 0) is 11.3 Å². The van der Waals surface area contributed by atoms with Crippen LogP contribution in [0.3, 0.4) is 0 Å². The number of ether oxygens (including phenoxy) is 1. The number of hydrogen-bond donors (Lipinski definition) is 1. The number of pyridine rings is 1. The van der Waals surface area contributed by atoms with E-state index in [0.29, 0.717) is 5.95 Å². The fourth-order valence-corrected chi connectivity index (χ4v) is 2.49. The van der Waals surface area contributed by atoms with E-state index in [-0.39, 0.29) is 6.10 Å². The van der Waals surface area contributed by atoms with E-state index in [9.17, 15) is 0 Å². The van der Waals surface area contributed by atoms with E-state index in [1.807, 2.05) is 17.6 Å². The maximum absolute atomic E-state index is 6.00. The zero-order chi connectivity index (χ0) is 12.5. The van der Waals surface area contributed by atoms with Crippen molar-refractivity contribution in [3.8, 4) is 0 Å². The maximum Gasteiger partial charge on any atom is 0.202 e. The van der Waals surface area contributed by atoms with Crippen LogP contribution in [0.5, 0.6) is 0 Å². The molecule has 5 nitrogen and oxygen atoms in total. The monoisotopic (exact) mass is 246 g/mol. The van der Waals surface area contributed by atoms with Crippen molar-refractivity contribution < 1.29 is 4.74 Å². The molecule has 0 radical (unpaired) electrons. The number of aromatic nitrogens is 3. The SMILES string of the molecule is Cc1ccnc2c1nc(N)n2CC1CCCCO1. The minimum absolute atomic E-state index is 0.237. The van der Waals surface area contributed by atoms with Gasteiger partial charge in [-0.1, -0.05) is 0 Å². The van der Waals surface area contributed by atoms with Gasteiger partial charge >= 0.3 is 0 Å². The lowest BCUT2D eigenvalue weighted by Crippen LogP contribution is -2.25. The van der Waals surface area contributed by atoms with Crippen molar-refractivity contribution in [2.45, 2.75) is 38.8 Å². The first-order chi connectivity index (χ1) is 8.75. The molecule has 2 N–H and O–H groups in total. The molecule has 1 aliphatic heterocycles. The average Bonchev–Trinajstić information content (AvgIpc) is 2.70. The van der Waals surface area contributed by atoms with Gasteiger partial charge in [0.25, 0.3) is 0 Å². The summed E-state index contributed by atoms with van der Waals surface area (Å²) in [4.78, 5) is 8.79. The van der Waals surface area contributed by atoms with Crippen LogP contribution < -0.4 is 5.73 Å². The Hall–Kier alpha value is -1.62. The van der Waals surface area contributed by atoms with Crippen LogP contribution in [0.25, 0.3) is 11.2 Å². The molecule has 18 heavy (non-hydrogen) atoms. The zero-order valence-corrected chi connectivity index (χ0v) is 10.6. The molecule has 0 spiro atoms. The van der Waals surface area contributed by atoms with Gasteiger partial charge in [-0.15, -0.1) is 0 Å². The molecular weight excluding hydrogens is 228 g/mol. The number of rotatable bonds is 2. The Balaban J connectivity index is 1.95. The predicted octanol–water partition coefficient (Wildman–Crippen LogP) is 1.89. The molecule has 0 bridgehead atoms. The van der Waals surface area contributed by atoms with E-state index in [0.717, 1.165) is 42.7 Å². The Labute approximate surface area is 106 Å². The average molecular weight is 246 g/mol. The minimum atomic E-state index is 0.237. The van der Waals surface area contributed by atoms with Crippen molar-refractivity contribution in [2.75, 3.05) is 12.3 Å². The summed E-state index contributed by atoms with van der Waals surface area (Å²) < 4.78 is 7.72. The molecule has 2 aromatic heterocycles. The first-order valence-corrected chi connectivity index (χ1v) is 6.44. The predicted molar refractivity (Wildman–Crippen MR) is 70.3 cm³/mol. The highest BCUT2D eigenvalue weighted by molar-refractivity contribution is 5.77. The third-order valence-corrected chi connectivity index (χ3v) is 3.53. The highest BCUT2D eigenvalue weighted by atomic mass is 16.5. The number of aryl methyl sites for hydroxylation is 1. The van der Waals surface area contributed by atoms with Crippen LogP contribution in [0.4, 0.5) is 5.95 Å². The second-order valence-corrected chi connectivity index (χ2v) is 4.87. The summed E-state index contributed by atoms with van der Waals surface area (Å²) in [6, 6.07) is 1.95. The fraction of sp³-hybridized carbons (Fsp3) is 0.538. The molecule has 1 fully saturated rings. The normalized spacial score (nSPS) is 20.4. The summed E-state index contributed by atoms with van der Waals surface area (Å²) in [5, 5.41) is 0. The third-order valence-electron chi connectivity index (χ3n) is 3.53. The second kappa shape index (κ2) is 4.57. The first kappa shape index (κ1) is 11.5. The van der Waals surface area contributed by atoms with Gasteiger partial charge in [0.2, 0.25) is 5.95 Å². The number of nitrogen functional groups attached to an aromatic ring is 1. The van der Waals surface area contributed by atoms with Crippen LogP contribution in [0.2, 0.25) is 0 Å². The summed E-state index contributed by atoms with van der Waals surface area (Å²) in [6.45, 7) is 3.63. The number of nitrogens with two attached hydrogens (primary N) is 1. The zero-order valence-electron chi connectivity index (χ0n) is 10.6. The molecule has 2 aromatic rings. The Bertz CT molecular complexity index is 557. The van der Waals surface area contributed by atoms with Crippen molar-refractivity contribution in [1.82, 2.24) is 14.5 Å². The third kappa shape index (κ3) is 1.95. The van der Waals surface area contributed by atoms with Crippen molar-refractivity contribution >= 4 is 17.1 Å². The Morgan fingerprint density at radius 1 is 1.50 bits per heavy atom. The van der Waals surface area contributed by atoms with E-state index in [1.165, 1.54) is 6.42 Å². The molecule has 5 heteroatoms. The molecular formula is C13H18N4O. The van der Waals surface area contributed by atoms with Gasteiger partial charge in [0.05, 0.1) is 12.6 Å². The smallest absolute Gasteiger partial charge is 0.202 e. The quantitative estimate of drug-likeness (QED) is 0.878. The van der Waals surface area contributed by atoms with Gasteiger partial charge < -0.3 is 10.5 Å². The summed E-state index contributed by atoms with van der Waals surface area (Å²) in [6.07, 6.45) is 5.51. The van der Waals surface area contributed by atoms with Gasteiger partial charge in [-0.2, -0.15) is 0 Å². The first-order valence-electron chi connectivity index (χ1n) is 6.44. The molecule has 0 saturated carbocycles. The van der Waals surface area contributed by atoms with E-state index in [2.05, 4.69) is 9.97 Å². The van der Waals surface area contributed by atoms with Gasteiger partial charge in [-0.25, -0.2) is 9.97 Å². The lowest BCUT2D eigenvalue weighted by Gasteiger charge is -2.23. The summed E-state index contributed by atoms with van der Waals surface area (Å²) >= 11 is 0. The van der Waals surface area contributed by atoms with Crippen molar-refractivity contribution in [2.24, 2.45) is 0 Å². The molecule has 0 amide bonds. The van der Waals surface area contributed by atoms with E-state index in [4.69, 9.17) is 10.5 Å². The number of hydrogen-bond acceptors (Lipinski definition) is 4. The highest BCUT2D eigenvalue weighted by Crippen LogP contribution is 2.22. The molecule has 1 aliphatic rings. The lowest BCUT2D eigenvalue weighted by atomic mass is 10.1. The van der Waals surface area contributed by atoms with Gasteiger partial charge in [-0.3, -0.25) is 4.57 Å². The Morgan fingerprint density at radius 2 is 2.39 bits per heavy atom. The molecule has 96 valence electrons. The van der Waals surface area contributed by atoms with Crippen molar-refractivity contribution in [3.63, 3.8) is 0 Å². The van der Waals surface area contributed by atoms with E-state index < -0.39 is 0 Å². The Kier molecular flexibility index (Phi) is 2.91. The minimum Gasteiger partial charge on any atom is -0.376 e. The number of fused-ring (bicyclic) bond motifs is 1. The van der Waals surface area contributed by atoms with Crippen LogP contribution in [0.15, 0.2) is 12.3 Å². The van der Waals surface area contributed by atoms with Gasteiger partial charge in [0.1, 0.15) is 5.52 Å². The molecule has 0 aliphatic carbocycles. The van der Waals surface area contributed by atoms with Crippen LogP contribution in [0, 0.1) is 6.92 Å². The number of imidazole rings is 1. The summed E-state index contributed by atoms with van der Waals surface area (Å²) in [5.41, 5.74) is 8.86. The standard InChI is InChI=1S/C13H18N4O/c1-9-5-6-15-12-11(9)16-13(14)17(12)8-10-4-2-3-7-18-10/h5-6,10H,2-4,7-8H2,1H3,(H2,14,16). The van der Waals surface area contributed by atoms with Crippen molar-refractivity contribution in [1.29, 1.82) is 0 Å². The van der Waals surface area contributed by atoms with E-state index in [1.54, 1.807) is 6.20 Å². The lowest BCUT2D eigenvalue weighted by molar-refractivity contribution is 0.00686. The molecule has 3 heterocycles. The molecule has 1 unspecified atom stereocenters. The summed E-state index contributed by atoms with van der Waals surface area (Å²) in [7, 11) is 0. The topological polar surface area (TPSA) is 66.0 Å². The molecule has 1 saturated heterocycles. The fourth-order valence-electron chi connectivity index (χ4n) is 2.49. The highest BCUT2D eigenvalue weighted by Gasteiger charge is 2.18. The van der Waals surface area contributed by atoms with Gasteiger partial charge in [0, 0.05) is 12.8 Å². The largest absolute Gasteiger partial charge is 0.376 e. The van der Waals surface area contributed by atoms with Crippen LogP contribution in [0.1, 0.15) is 24.8 Å². The van der Waals surface area contributed by atoms with Crippen LogP contribution >= 0.6 is 0 Å². The van der Waals surface area contributed by atoms with E-state index >= 15 is 0 Å². The van der Waals surface area contributed by atoms with Crippen molar-refractivity contribution in [3.05, 3.63) is 17.8 Å². The summed E-state index contributed by atoms with van der Waals surface area (Å²) in [5.74, 6) is 0.529. The number of anilines is 1. The van der Waals surface area contributed by atoms with Gasteiger partial charge in [0.15, 0.2) is 5.65 Å². The molecule has 0 aromatic carbocycles. The molecule has 3 rings (SSSR count).